The van der Waals surface area contributed by atoms with E-state index in [1.54, 1.807) is 18.2 Å². The van der Waals surface area contributed by atoms with E-state index in [4.69, 9.17) is 16.3 Å². The van der Waals surface area contributed by atoms with Crippen molar-refractivity contribution in [3.05, 3.63) is 62.6 Å². The highest BCUT2D eigenvalue weighted by Crippen LogP contribution is 2.42. The fraction of sp³-hybridized carbons (Fsp3) is 0.381. The van der Waals surface area contributed by atoms with E-state index in [2.05, 4.69) is 15.9 Å². The van der Waals surface area contributed by atoms with Crippen molar-refractivity contribution in [3.8, 4) is 5.75 Å². The number of piperidine rings is 1. The van der Waals surface area contributed by atoms with Crippen LogP contribution >= 0.6 is 27.5 Å². The van der Waals surface area contributed by atoms with Crippen molar-refractivity contribution < 1.29 is 27.8 Å². The van der Waals surface area contributed by atoms with Gasteiger partial charge in [0.25, 0.3) is 0 Å². The van der Waals surface area contributed by atoms with Crippen LogP contribution in [0.15, 0.2) is 40.9 Å². The molecule has 1 fully saturated rings. The molecular weight excluding hydrogens is 487 g/mol. The molecule has 0 radical (unpaired) electrons. The average Bonchev–Trinajstić information content (AvgIpc) is 2.69. The fourth-order valence-electron chi connectivity index (χ4n) is 3.84. The van der Waals surface area contributed by atoms with Crippen LogP contribution in [-0.4, -0.2) is 36.2 Å². The number of alkyl halides is 3. The van der Waals surface area contributed by atoms with Gasteiger partial charge in [-0.1, -0.05) is 33.6 Å². The lowest BCUT2D eigenvalue weighted by atomic mass is 9.90. The highest BCUT2D eigenvalue weighted by Gasteiger charge is 2.36. The van der Waals surface area contributed by atoms with Crippen molar-refractivity contribution in [2.45, 2.75) is 25.1 Å². The number of carboxylic acid groups (broad SMARTS) is 1. The third-order valence-corrected chi connectivity index (χ3v) is 6.16. The molecule has 1 saturated heterocycles. The molecule has 1 atom stereocenters. The van der Waals surface area contributed by atoms with Crippen LogP contribution in [0.5, 0.6) is 5.75 Å². The van der Waals surface area contributed by atoms with Gasteiger partial charge in [0.2, 0.25) is 0 Å². The van der Waals surface area contributed by atoms with Crippen molar-refractivity contribution in [3.63, 3.8) is 0 Å². The Balaban J connectivity index is 2.10. The van der Waals surface area contributed by atoms with Gasteiger partial charge in [-0.15, -0.1) is 0 Å². The van der Waals surface area contributed by atoms with Gasteiger partial charge in [-0.2, -0.15) is 13.2 Å². The molecular formula is C21H20BrClF3NO3. The molecule has 0 spiro atoms. The van der Waals surface area contributed by atoms with Crippen molar-refractivity contribution in [1.29, 1.82) is 0 Å². The summed E-state index contributed by atoms with van der Waals surface area (Å²) >= 11 is 9.25. The van der Waals surface area contributed by atoms with Crippen LogP contribution in [-0.2, 0) is 11.0 Å². The first-order valence-corrected chi connectivity index (χ1v) is 10.5. The molecule has 0 bridgehead atoms. The van der Waals surface area contributed by atoms with E-state index in [1.165, 1.54) is 13.2 Å². The Kier molecular flexibility index (Phi) is 6.99. The van der Waals surface area contributed by atoms with Gasteiger partial charge in [0.05, 0.1) is 29.7 Å². The minimum atomic E-state index is -4.59. The molecule has 1 heterocycles. The van der Waals surface area contributed by atoms with E-state index in [-0.39, 0.29) is 5.02 Å². The lowest BCUT2D eigenvalue weighted by Crippen LogP contribution is -2.39. The van der Waals surface area contributed by atoms with Gasteiger partial charge in [0, 0.05) is 10.0 Å². The topological polar surface area (TPSA) is 49.8 Å². The normalized spacial score (nSPS) is 17.0. The molecule has 2 aromatic rings. The van der Waals surface area contributed by atoms with Crippen LogP contribution in [0.3, 0.4) is 0 Å². The zero-order valence-electron chi connectivity index (χ0n) is 16.0. The van der Waals surface area contributed by atoms with Crippen LogP contribution < -0.4 is 4.74 Å². The molecule has 30 heavy (non-hydrogen) atoms. The number of methoxy groups -OCH3 is 1. The number of halogens is 5. The highest BCUT2D eigenvalue weighted by atomic mass is 79.9. The highest BCUT2D eigenvalue weighted by molar-refractivity contribution is 9.10. The van der Waals surface area contributed by atoms with Crippen LogP contribution in [0, 0.1) is 5.92 Å². The predicted molar refractivity (Wildman–Crippen MR) is 111 cm³/mol. The molecule has 2 aromatic carbocycles. The molecule has 1 aliphatic heterocycles. The van der Waals surface area contributed by atoms with Crippen LogP contribution in [0.1, 0.15) is 35.6 Å². The first-order valence-electron chi connectivity index (χ1n) is 9.28. The largest absolute Gasteiger partial charge is 0.496 e. The van der Waals surface area contributed by atoms with Gasteiger partial charge >= 0.3 is 12.1 Å². The zero-order chi connectivity index (χ0) is 22.1. The number of hydrogen-bond acceptors (Lipinski definition) is 3. The zero-order valence-corrected chi connectivity index (χ0v) is 18.4. The maximum atomic E-state index is 13.5. The standard InChI is InChI=1S/C21H20BrClF3NO3/c1-30-18-5-3-14(22)11-15(18)19(27-8-6-12(7-9-27)20(28)29)13-2-4-17(23)16(10-13)21(24,25)26/h2-5,10-12,19H,6-9H2,1H3,(H,28,29). The summed E-state index contributed by atoms with van der Waals surface area (Å²) in [7, 11) is 1.50. The van der Waals surface area contributed by atoms with Crippen molar-refractivity contribution in [2.75, 3.05) is 20.2 Å². The van der Waals surface area contributed by atoms with Crippen LogP contribution in [0.2, 0.25) is 5.02 Å². The Hall–Kier alpha value is -1.77. The second-order valence-corrected chi connectivity index (χ2v) is 8.50. The Morgan fingerprint density at radius 2 is 1.90 bits per heavy atom. The smallest absolute Gasteiger partial charge is 0.417 e. The Bertz CT molecular complexity index is 930. The van der Waals surface area contributed by atoms with E-state index in [0.29, 0.717) is 42.8 Å². The van der Waals surface area contributed by atoms with Gasteiger partial charge in [-0.25, -0.2) is 0 Å². The first-order chi connectivity index (χ1) is 14.1. The maximum absolute atomic E-state index is 13.5. The Morgan fingerprint density at radius 3 is 2.47 bits per heavy atom. The fourth-order valence-corrected chi connectivity index (χ4v) is 4.44. The molecule has 0 saturated carbocycles. The van der Waals surface area contributed by atoms with E-state index in [0.717, 1.165) is 10.5 Å². The third-order valence-electron chi connectivity index (χ3n) is 5.34. The predicted octanol–water partition coefficient (Wildman–Crippen LogP) is 6.02. The molecule has 162 valence electrons. The maximum Gasteiger partial charge on any atom is 0.417 e. The summed E-state index contributed by atoms with van der Waals surface area (Å²) in [6.45, 7) is 0.864. The van der Waals surface area contributed by atoms with E-state index in [9.17, 15) is 23.1 Å². The van der Waals surface area contributed by atoms with E-state index >= 15 is 0 Å². The second kappa shape index (κ2) is 9.16. The van der Waals surface area contributed by atoms with E-state index < -0.39 is 29.7 Å². The summed E-state index contributed by atoms with van der Waals surface area (Å²) in [5.74, 6) is -0.772. The third kappa shape index (κ3) is 4.92. The summed E-state index contributed by atoms with van der Waals surface area (Å²) in [5, 5.41) is 8.92. The lowest BCUT2D eigenvalue weighted by Gasteiger charge is -2.38. The van der Waals surface area contributed by atoms with Gasteiger partial charge in [0.15, 0.2) is 0 Å². The van der Waals surface area contributed by atoms with Crippen LogP contribution in [0.25, 0.3) is 0 Å². The monoisotopic (exact) mass is 505 g/mol. The van der Waals surface area contributed by atoms with E-state index in [1.807, 2.05) is 11.0 Å². The molecule has 3 rings (SSSR count). The summed E-state index contributed by atoms with van der Waals surface area (Å²) in [5.41, 5.74) is 0.203. The minimum Gasteiger partial charge on any atom is -0.496 e. The number of carbonyl (C=O) groups is 1. The summed E-state index contributed by atoms with van der Waals surface area (Å²) in [6.07, 6.45) is -3.75. The summed E-state index contributed by atoms with van der Waals surface area (Å²) < 4.78 is 46.7. The SMILES string of the molecule is COc1ccc(Br)cc1C(c1ccc(Cl)c(C(F)(F)F)c1)N1CCC(C(=O)O)CC1. The van der Waals surface area contributed by atoms with Gasteiger partial charge in [-0.3, -0.25) is 9.69 Å². The van der Waals surface area contributed by atoms with Gasteiger partial charge < -0.3 is 9.84 Å². The molecule has 1 unspecified atom stereocenters. The van der Waals surface area contributed by atoms with Crippen LogP contribution in [0.4, 0.5) is 13.2 Å². The lowest BCUT2D eigenvalue weighted by molar-refractivity contribution is -0.143. The van der Waals surface area contributed by atoms with Crippen molar-refractivity contribution >= 4 is 33.5 Å². The van der Waals surface area contributed by atoms with Crippen molar-refractivity contribution in [1.82, 2.24) is 4.90 Å². The summed E-state index contributed by atoms with van der Waals surface area (Å²) in [6, 6.07) is 8.69. The number of rotatable bonds is 5. The molecule has 1 N–H and O–H groups in total. The van der Waals surface area contributed by atoms with Gasteiger partial charge in [-0.05, 0) is 61.8 Å². The first kappa shape index (κ1) is 22.9. The Morgan fingerprint density at radius 1 is 1.23 bits per heavy atom. The Labute approximate surface area is 185 Å². The van der Waals surface area contributed by atoms with Crippen molar-refractivity contribution in [2.24, 2.45) is 5.92 Å². The second-order valence-electron chi connectivity index (χ2n) is 7.17. The number of likely N-dealkylation sites (tertiary alicyclic amines) is 1. The van der Waals surface area contributed by atoms with Gasteiger partial charge in [0.1, 0.15) is 5.75 Å². The number of nitrogens with zero attached hydrogens (tertiary/aromatic N) is 1. The molecule has 0 aliphatic carbocycles. The number of ether oxygens (including phenoxy) is 1. The number of hydrogen-bond donors (Lipinski definition) is 1. The summed E-state index contributed by atoms with van der Waals surface area (Å²) in [4.78, 5) is 13.3. The average molecular weight is 507 g/mol. The molecule has 9 heteroatoms. The number of aliphatic carboxylic acids is 1. The quantitative estimate of drug-likeness (QED) is 0.539. The number of benzene rings is 2. The minimum absolute atomic E-state index is 0.365. The molecule has 0 aromatic heterocycles. The molecule has 1 aliphatic rings. The molecule has 4 nitrogen and oxygen atoms in total. The number of carboxylic acids is 1. The molecule has 0 amide bonds.